The van der Waals surface area contributed by atoms with Gasteiger partial charge in [-0.1, -0.05) is 46.3 Å². The third kappa shape index (κ3) is 2.30. The van der Waals surface area contributed by atoms with Crippen molar-refractivity contribution < 1.29 is 4.79 Å². The molecule has 1 heterocycles. The van der Waals surface area contributed by atoms with Crippen LogP contribution in [0.3, 0.4) is 0 Å². The van der Waals surface area contributed by atoms with Gasteiger partial charge in [-0.3, -0.25) is 4.79 Å². The van der Waals surface area contributed by atoms with Crippen molar-refractivity contribution in [2.24, 2.45) is 0 Å². The van der Waals surface area contributed by atoms with Gasteiger partial charge < -0.3 is 0 Å². The third-order valence-corrected chi connectivity index (χ3v) is 3.57. The molecule has 0 saturated carbocycles. The van der Waals surface area contributed by atoms with E-state index in [2.05, 4.69) is 21.0 Å². The highest BCUT2D eigenvalue weighted by atomic mass is 79.9. The summed E-state index contributed by atoms with van der Waals surface area (Å²) in [6, 6.07) is 17.6. The average Bonchev–Trinajstić information content (AvgIpc) is 2.93. The minimum atomic E-state index is 0.583. The van der Waals surface area contributed by atoms with Crippen molar-refractivity contribution in [3.8, 4) is 16.9 Å². The molecule has 3 aromatic rings. The Labute approximate surface area is 125 Å². The summed E-state index contributed by atoms with van der Waals surface area (Å²) in [4.78, 5) is 11.2. The first-order chi connectivity index (χ1) is 9.79. The second kappa shape index (κ2) is 5.43. The van der Waals surface area contributed by atoms with Crippen molar-refractivity contribution >= 4 is 22.2 Å². The minimum absolute atomic E-state index is 0.583. The van der Waals surface area contributed by atoms with Gasteiger partial charge in [-0.15, -0.1) is 0 Å². The molecule has 20 heavy (non-hydrogen) atoms. The van der Waals surface area contributed by atoms with Gasteiger partial charge in [0.2, 0.25) is 0 Å². The van der Waals surface area contributed by atoms with Crippen molar-refractivity contribution in [1.29, 1.82) is 0 Å². The SMILES string of the molecule is O=Cc1cnn(-c2ccc(Br)cc2)c1-c1ccccc1. The second-order valence-corrected chi connectivity index (χ2v) is 5.24. The number of aldehydes is 1. The Morgan fingerprint density at radius 3 is 2.35 bits per heavy atom. The largest absolute Gasteiger partial charge is 0.298 e. The Morgan fingerprint density at radius 1 is 1.00 bits per heavy atom. The molecule has 2 aromatic carbocycles. The van der Waals surface area contributed by atoms with Crippen molar-refractivity contribution in [3.63, 3.8) is 0 Å². The van der Waals surface area contributed by atoms with Gasteiger partial charge in [-0.05, 0) is 24.3 Å². The molecule has 0 saturated heterocycles. The van der Waals surface area contributed by atoms with Crippen LogP contribution in [0.15, 0.2) is 65.3 Å². The lowest BCUT2D eigenvalue weighted by molar-refractivity contribution is 0.112. The van der Waals surface area contributed by atoms with Crippen LogP contribution in [0.1, 0.15) is 10.4 Å². The zero-order valence-electron chi connectivity index (χ0n) is 10.5. The number of aromatic nitrogens is 2. The lowest BCUT2D eigenvalue weighted by Crippen LogP contribution is -1.99. The van der Waals surface area contributed by atoms with Crippen LogP contribution < -0.4 is 0 Å². The number of hydrogen-bond acceptors (Lipinski definition) is 2. The molecule has 0 radical (unpaired) electrons. The van der Waals surface area contributed by atoms with Gasteiger partial charge in [0.1, 0.15) is 0 Å². The fraction of sp³-hybridized carbons (Fsp3) is 0. The first kappa shape index (κ1) is 12.8. The molecule has 4 heteroatoms. The Hall–Kier alpha value is -2.20. The van der Waals surface area contributed by atoms with E-state index in [1.807, 2.05) is 54.6 Å². The van der Waals surface area contributed by atoms with Crippen LogP contribution >= 0.6 is 15.9 Å². The van der Waals surface area contributed by atoms with Crippen LogP contribution in [0.5, 0.6) is 0 Å². The van der Waals surface area contributed by atoms with Gasteiger partial charge in [0.25, 0.3) is 0 Å². The summed E-state index contributed by atoms with van der Waals surface area (Å²) >= 11 is 3.41. The van der Waals surface area contributed by atoms with E-state index in [1.54, 1.807) is 10.9 Å². The zero-order chi connectivity index (χ0) is 13.9. The van der Waals surface area contributed by atoms with Crippen molar-refractivity contribution in [2.75, 3.05) is 0 Å². The molecule has 0 aliphatic rings. The van der Waals surface area contributed by atoms with Crippen LogP contribution in [0.25, 0.3) is 16.9 Å². The van der Waals surface area contributed by atoms with Gasteiger partial charge in [-0.25, -0.2) is 4.68 Å². The molecule has 0 fully saturated rings. The van der Waals surface area contributed by atoms with Crippen molar-refractivity contribution in [3.05, 3.63) is 70.8 Å². The van der Waals surface area contributed by atoms with Gasteiger partial charge in [0.15, 0.2) is 6.29 Å². The Kier molecular flexibility index (Phi) is 3.48. The number of benzene rings is 2. The Bertz CT molecular complexity index is 733. The van der Waals surface area contributed by atoms with Gasteiger partial charge in [0, 0.05) is 10.0 Å². The predicted molar refractivity (Wildman–Crippen MR) is 82.1 cm³/mol. The van der Waals surface area contributed by atoms with E-state index < -0.39 is 0 Å². The molecule has 0 amide bonds. The predicted octanol–water partition coefficient (Wildman–Crippen LogP) is 4.11. The zero-order valence-corrected chi connectivity index (χ0v) is 12.1. The lowest BCUT2D eigenvalue weighted by Gasteiger charge is -2.08. The topological polar surface area (TPSA) is 34.9 Å². The van der Waals surface area contributed by atoms with Crippen LogP contribution in [-0.4, -0.2) is 16.1 Å². The molecular formula is C16H11BrN2O. The number of nitrogens with zero attached hydrogens (tertiary/aromatic N) is 2. The first-order valence-corrected chi connectivity index (χ1v) is 6.93. The van der Waals surface area contributed by atoms with Gasteiger partial charge in [-0.2, -0.15) is 5.10 Å². The smallest absolute Gasteiger partial charge is 0.153 e. The fourth-order valence-corrected chi connectivity index (χ4v) is 2.37. The van der Waals surface area contributed by atoms with E-state index in [-0.39, 0.29) is 0 Å². The summed E-state index contributed by atoms with van der Waals surface area (Å²) in [5.74, 6) is 0. The quantitative estimate of drug-likeness (QED) is 0.679. The van der Waals surface area contributed by atoms with Crippen molar-refractivity contribution in [1.82, 2.24) is 9.78 Å². The highest BCUT2D eigenvalue weighted by molar-refractivity contribution is 9.10. The molecule has 0 unspecified atom stereocenters. The minimum Gasteiger partial charge on any atom is -0.298 e. The van der Waals surface area contributed by atoms with Crippen molar-refractivity contribution in [2.45, 2.75) is 0 Å². The summed E-state index contributed by atoms with van der Waals surface area (Å²) in [6.07, 6.45) is 2.43. The monoisotopic (exact) mass is 326 g/mol. The third-order valence-electron chi connectivity index (χ3n) is 3.04. The fourth-order valence-electron chi connectivity index (χ4n) is 2.11. The van der Waals surface area contributed by atoms with Crippen LogP contribution in [-0.2, 0) is 0 Å². The normalized spacial score (nSPS) is 10.4. The number of carbonyl (C=O) groups excluding carboxylic acids is 1. The summed E-state index contributed by atoms with van der Waals surface area (Å²) in [6.45, 7) is 0. The lowest BCUT2D eigenvalue weighted by atomic mass is 10.1. The molecule has 0 aliphatic heterocycles. The van der Waals surface area contributed by atoms with Crippen LogP contribution in [0.2, 0.25) is 0 Å². The van der Waals surface area contributed by atoms with Crippen LogP contribution in [0.4, 0.5) is 0 Å². The van der Waals surface area contributed by atoms with E-state index >= 15 is 0 Å². The summed E-state index contributed by atoms with van der Waals surface area (Å²) in [7, 11) is 0. The number of rotatable bonds is 3. The molecule has 0 bridgehead atoms. The summed E-state index contributed by atoms with van der Waals surface area (Å²) in [5.41, 5.74) is 3.28. The van der Waals surface area contributed by atoms with E-state index in [9.17, 15) is 4.79 Å². The standard InChI is InChI=1S/C16H11BrN2O/c17-14-6-8-15(9-7-14)19-16(13(11-20)10-18-19)12-4-2-1-3-5-12/h1-11H. The highest BCUT2D eigenvalue weighted by Crippen LogP contribution is 2.26. The van der Waals surface area contributed by atoms with Gasteiger partial charge >= 0.3 is 0 Å². The van der Waals surface area contributed by atoms with Gasteiger partial charge in [0.05, 0.1) is 23.1 Å². The van der Waals surface area contributed by atoms with E-state index in [0.717, 1.165) is 27.7 Å². The Balaban J connectivity index is 2.20. The molecular weight excluding hydrogens is 316 g/mol. The molecule has 0 aliphatic carbocycles. The molecule has 1 aromatic heterocycles. The molecule has 3 rings (SSSR count). The molecule has 0 N–H and O–H groups in total. The van der Waals surface area contributed by atoms with E-state index in [4.69, 9.17) is 0 Å². The molecule has 0 atom stereocenters. The molecule has 0 spiro atoms. The van der Waals surface area contributed by atoms with E-state index in [1.165, 1.54) is 0 Å². The Morgan fingerprint density at radius 2 is 1.70 bits per heavy atom. The molecule has 3 nitrogen and oxygen atoms in total. The maximum Gasteiger partial charge on any atom is 0.153 e. The second-order valence-electron chi connectivity index (χ2n) is 4.32. The number of halogens is 1. The first-order valence-electron chi connectivity index (χ1n) is 6.14. The highest BCUT2D eigenvalue weighted by Gasteiger charge is 2.13. The summed E-state index contributed by atoms with van der Waals surface area (Å²) in [5, 5.41) is 4.33. The molecule has 98 valence electrons. The average molecular weight is 327 g/mol. The number of hydrogen-bond donors (Lipinski definition) is 0. The maximum atomic E-state index is 11.2. The van der Waals surface area contributed by atoms with Crippen LogP contribution in [0, 0.1) is 0 Å². The number of carbonyl (C=O) groups is 1. The maximum absolute atomic E-state index is 11.2. The van der Waals surface area contributed by atoms with E-state index in [0.29, 0.717) is 5.56 Å². The summed E-state index contributed by atoms with van der Waals surface area (Å²) < 4.78 is 2.79.